The molecule has 0 aliphatic carbocycles. The Bertz CT molecular complexity index is 1550. The van der Waals surface area contributed by atoms with E-state index in [1.165, 1.54) is 0 Å². The third-order valence-corrected chi connectivity index (χ3v) is 6.54. The molecular formula is C30H28ClNO6. The third kappa shape index (κ3) is 4.58. The number of fused-ring (bicyclic) bond motifs is 2. The van der Waals surface area contributed by atoms with Gasteiger partial charge >= 0.3 is 0 Å². The molecule has 38 heavy (non-hydrogen) atoms. The number of benzene rings is 3. The van der Waals surface area contributed by atoms with Crippen molar-refractivity contribution in [3.05, 3.63) is 92.8 Å². The molecule has 1 aliphatic rings. The highest BCUT2D eigenvalue weighted by molar-refractivity contribution is 6.31. The maximum Gasteiger partial charge on any atom is 0.295 e. The largest absolute Gasteiger partial charge is 0.494 e. The van der Waals surface area contributed by atoms with Crippen LogP contribution in [0.1, 0.15) is 54.9 Å². The molecule has 0 fully saturated rings. The predicted molar refractivity (Wildman–Crippen MR) is 147 cm³/mol. The summed E-state index contributed by atoms with van der Waals surface area (Å²) >= 11 is 6.20. The Hall–Kier alpha value is -3.97. The molecule has 1 aromatic heterocycles. The van der Waals surface area contributed by atoms with Crippen LogP contribution in [0.4, 0.5) is 5.69 Å². The van der Waals surface area contributed by atoms with E-state index in [0.717, 1.165) is 6.42 Å². The van der Waals surface area contributed by atoms with Crippen LogP contribution in [0, 0.1) is 0 Å². The molecule has 0 bridgehead atoms. The first-order valence-corrected chi connectivity index (χ1v) is 13.1. The molecule has 0 radical (unpaired) electrons. The average molecular weight is 534 g/mol. The van der Waals surface area contributed by atoms with E-state index in [1.54, 1.807) is 47.4 Å². The molecule has 0 saturated heterocycles. The number of carbonyl (C=O) groups excluding carboxylic acids is 1. The van der Waals surface area contributed by atoms with Crippen LogP contribution in [0.25, 0.3) is 11.0 Å². The Morgan fingerprint density at radius 3 is 2.34 bits per heavy atom. The second-order valence-corrected chi connectivity index (χ2v) is 9.24. The number of anilines is 1. The van der Waals surface area contributed by atoms with E-state index in [-0.39, 0.29) is 16.8 Å². The van der Waals surface area contributed by atoms with Crippen molar-refractivity contribution in [3.8, 4) is 17.2 Å². The summed E-state index contributed by atoms with van der Waals surface area (Å²) in [5.41, 5.74) is 1.54. The van der Waals surface area contributed by atoms with Gasteiger partial charge in [-0.15, -0.1) is 0 Å². The molecule has 0 N–H and O–H groups in total. The molecule has 2 heterocycles. The minimum atomic E-state index is -0.755. The molecule has 1 amide bonds. The molecule has 0 saturated carbocycles. The molecule has 0 spiro atoms. The maximum absolute atomic E-state index is 13.9. The van der Waals surface area contributed by atoms with Gasteiger partial charge in [0.2, 0.25) is 5.76 Å². The molecule has 4 aromatic rings. The van der Waals surface area contributed by atoms with Gasteiger partial charge in [-0.25, -0.2) is 0 Å². The first-order valence-electron chi connectivity index (χ1n) is 12.7. The summed E-state index contributed by atoms with van der Waals surface area (Å²) in [4.78, 5) is 29.3. The normalized spacial score (nSPS) is 14.6. The summed E-state index contributed by atoms with van der Waals surface area (Å²) in [5, 5.41) is 0.723. The lowest BCUT2D eigenvalue weighted by Crippen LogP contribution is -2.29. The van der Waals surface area contributed by atoms with E-state index in [1.807, 2.05) is 39.0 Å². The highest BCUT2D eigenvalue weighted by Gasteiger charge is 2.44. The molecular weight excluding hydrogens is 506 g/mol. The summed E-state index contributed by atoms with van der Waals surface area (Å²) in [7, 11) is 0. The third-order valence-electron chi connectivity index (χ3n) is 6.30. The van der Waals surface area contributed by atoms with E-state index >= 15 is 0 Å². The number of hydrogen-bond acceptors (Lipinski definition) is 6. The van der Waals surface area contributed by atoms with Crippen LogP contribution >= 0.6 is 11.6 Å². The van der Waals surface area contributed by atoms with Crippen molar-refractivity contribution < 1.29 is 23.4 Å². The average Bonchev–Trinajstić information content (AvgIpc) is 3.21. The first-order chi connectivity index (χ1) is 18.5. The van der Waals surface area contributed by atoms with E-state index in [9.17, 15) is 9.59 Å². The van der Waals surface area contributed by atoms with Gasteiger partial charge in [-0.05, 0) is 80.4 Å². The lowest BCUT2D eigenvalue weighted by Gasteiger charge is -2.26. The quantitative estimate of drug-likeness (QED) is 0.236. The summed E-state index contributed by atoms with van der Waals surface area (Å²) in [6.07, 6.45) is 0.847. The van der Waals surface area contributed by atoms with Gasteiger partial charge in [0.25, 0.3) is 5.91 Å². The van der Waals surface area contributed by atoms with E-state index in [2.05, 4.69) is 0 Å². The number of rotatable bonds is 9. The van der Waals surface area contributed by atoms with Gasteiger partial charge in [0, 0.05) is 10.7 Å². The molecule has 1 unspecified atom stereocenters. The van der Waals surface area contributed by atoms with E-state index in [4.69, 9.17) is 30.2 Å². The van der Waals surface area contributed by atoms with Crippen LogP contribution in [0.15, 0.2) is 69.9 Å². The molecule has 196 valence electrons. The van der Waals surface area contributed by atoms with Gasteiger partial charge in [0.05, 0.1) is 36.8 Å². The van der Waals surface area contributed by atoms with Gasteiger partial charge in [0.1, 0.15) is 11.3 Å². The summed E-state index contributed by atoms with van der Waals surface area (Å²) < 4.78 is 23.4. The number of hydrogen-bond donors (Lipinski definition) is 0. The lowest BCUT2D eigenvalue weighted by atomic mass is 9.97. The highest BCUT2D eigenvalue weighted by atomic mass is 35.5. The van der Waals surface area contributed by atoms with Crippen molar-refractivity contribution in [2.75, 3.05) is 24.7 Å². The van der Waals surface area contributed by atoms with Crippen LogP contribution in [-0.2, 0) is 0 Å². The number of nitrogens with zero attached hydrogens (tertiary/aromatic N) is 1. The van der Waals surface area contributed by atoms with Crippen molar-refractivity contribution >= 4 is 34.2 Å². The van der Waals surface area contributed by atoms with E-state index < -0.39 is 11.9 Å². The standard InChI is InChI=1S/C30H28ClNO6/c1-4-15-37-24-13-7-18(16-25(24)36-6-3)27-26-28(33)22-17-19(31)8-14-23(22)38-29(26)30(34)32(27)20-9-11-21(12-10-20)35-5-2/h7-14,16-17,27H,4-6,15H2,1-3H3. The van der Waals surface area contributed by atoms with Crippen molar-refractivity contribution in [1.29, 1.82) is 0 Å². The van der Waals surface area contributed by atoms with Gasteiger partial charge < -0.3 is 18.6 Å². The van der Waals surface area contributed by atoms with Gasteiger partial charge in [-0.2, -0.15) is 0 Å². The lowest BCUT2D eigenvalue weighted by molar-refractivity contribution is 0.0971. The molecule has 8 heteroatoms. The van der Waals surface area contributed by atoms with Crippen molar-refractivity contribution in [3.63, 3.8) is 0 Å². The van der Waals surface area contributed by atoms with Crippen LogP contribution in [0.2, 0.25) is 5.02 Å². The minimum Gasteiger partial charge on any atom is -0.494 e. The smallest absolute Gasteiger partial charge is 0.295 e. The molecule has 7 nitrogen and oxygen atoms in total. The van der Waals surface area contributed by atoms with Crippen LogP contribution in [0.3, 0.4) is 0 Å². The number of ether oxygens (including phenoxy) is 3. The zero-order valence-electron chi connectivity index (χ0n) is 21.5. The Morgan fingerprint density at radius 1 is 0.868 bits per heavy atom. The van der Waals surface area contributed by atoms with Crippen LogP contribution < -0.4 is 24.5 Å². The summed E-state index contributed by atoms with van der Waals surface area (Å²) in [6, 6.07) is 16.7. The minimum absolute atomic E-state index is 0.00739. The molecule has 1 aliphatic heterocycles. The second kappa shape index (κ2) is 10.8. The number of carbonyl (C=O) groups is 1. The fourth-order valence-corrected chi connectivity index (χ4v) is 4.86. The van der Waals surface area contributed by atoms with Gasteiger partial charge in [-0.3, -0.25) is 14.5 Å². The van der Waals surface area contributed by atoms with Gasteiger partial charge in [0.15, 0.2) is 16.9 Å². The predicted octanol–water partition coefficient (Wildman–Crippen LogP) is 6.78. The highest BCUT2D eigenvalue weighted by Crippen LogP contribution is 2.43. The maximum atomic E-state index is 13.9. The Balaban J connectivity index is 1.72. The van der Waals surface area contributed by atoms with Gasteiger partial charge in [-0.1, -0.05) is 24.6 Å². The fraction of sp³-hybridized carbons (Fsp3) is 0.267. The topological polar surface area (TPSA) is 78.2 Å². The monoisotopic (exact) mass is 533 g/mol. The second-order valence-electron chi connectivity index (χ2n) is 8.81. The molecule has 5 rings (SSSR count). The van der Waals surface area contributed by atoms with Crippen LogP contribution in [0.5, 0.6) is 17.2 Å². The Morgan fingerprint density at radius 2 is 1.63 bits per heavy atom. The first kappa shape index (κ1) is 25.7. The van der Waals surface area contributed by atoms with Crippen LogP contribution in [-0.4, -0.2) is 25.7 Å². The number of halogens is 1. The molecule has 1 atom stereocenters. The fourth-order valence-electron chi connectivity index (χ4n) is 4.69. The Kier molecular flexibility index (Phi) is 7.29. The summed E-state index contributed by atoms with van der Waals surface area (Å²) in [6.45, 7) is 7.32. The van der Waals surface area contributed by atoms with Crippen molar-refractivity contribution in [2.24, 2.45) is 0 Å². The Labute approximate surface area is 225 Å². The SMILES string of the molecule is CCCOc1ccc(C2c3c(oc4ccc(Cl)cc4c3=O)C(=O)N2c2ccc(OCC)cc2)cc1OCC. The van der Waals surface area contributed by atoms with E-state index in [0.29, 0.717) is 64.3 Å². The zero-order valence-corrected chi connectivity index (χ0v) is 22.2. The zero-order chi connectivity index (χ0) is 26.8. The number of amides is 1. The molecule has 3 aromatic carbocycles. The van der Waals surface area contributed by atoms with Crippen molar-refractivity contribution in [2.45, 2.75) is 33.2 Å². The summed E-state index contributed by atoms with van der Waals surface area (Å²) in [5.74, 6) is 1.43. The van der Waals surface area contributed by atoms with Crippen molar-refractivity contribution in [1.82, 2.24) is 0 Å².